The second-order valence-electron chi connectivity index (χ2n) is 4.30. The van der Waals surface area contributed by atoms with Crippen LogP contribution in [-0.2, 0) is 0 Å². The number of aryl methyl sites for hydroxylation is 1. The molecular weight excluding hydrogens is 246 g/mol. The number of methoxy groups -OCH3 is 1. The van der Waals surface area contributed by atoms with E-state index in [1.807, 2.05) is 43.3 Å². The third-order valence-electron chi connectivity index (χ3n) is 3.08. The van der Waals surface area contributed by atoms with Crippen molar-refractivity contribution in [1.82, 2.24) is 4.98 Å². The molecule has 0 aliphatic carbocycles. The smallest absolute Gasteiger partial charge is 0.145 e. The maximum Gasteiger partial charge on any atom is 0.145 e. The average molecular weight is 258 g/mol. The van der Waals surface area contributed by atoms with Gasteiger partial charge in [-0.25, -0.2) is 4.98 Å². The second-order valence-corrected chi connectivity index (χ2v) is 4.68. The fraction of sp³-hybridized carbons (Fsp3) is 0.133. The number of hydrogen-bond donors (Lipinski definition) is 0. The summed E-state index contributed by atoms with van der Waals surface area (Å²) in [6.45, 7) is 2.04. The van der Waals surface area contributed by atoms with Crippen LogP contribution in [0.5, 0.6) is 5.75 Å². The van der Waals surface area contributed by atoms with Gasteiger partial charge in [0.05, 0.1) is 17.6 Å². The first-order valence-corrected chi connectivity index (χ1v) is 6.11. The van der Waals surface area contributed by atoms with Crippen LogP contribution >= 0.6 is 11.6 Å². The van der Waals surface area contributed by atoms with Crippen LogP contribution in [0.4, 0.5) is 0 Å². The fourth-order valence-electron chi connectivity index (χ4n) is 2.16. The summed E-state index contributed by atoms with van der Waals surface area (Å²) in [7, 11) is 1.64. The van der Waals surface area contributed by atoms with Crippen molar-refractivity contribution in [2.75, 3.05) is 7.11 Å². The Hall–Kier alpha value is -1.80. The number of fused-ring (bicyclic) bond motifs is 2. The van der Waals surface area contributed by atoms with Crippen LogP contribution < -0.4 is 4.74 Å². The molecule has 0 bridgehead atoms. The summed E-state index contributed by atoms with van der Waals surface area (Å²) in [6, 6.07) is 11.9. The predicted octanol–water partition coefficient (Wildman–Crippen LogP) is 4.36. The van der Waals surface area contributed by atoms with E-state index in [-0.39, 0.29) is 0 Å². The summed E-state index contributed by atoms with van der Waals surface area (Å²) in [5, 5.41) is 2.63. The van der Waals surface area contributed by atoms with E-state index in [4.69, 9.17) is 16.3 Å². The maximum absolute atomic E-state index is 6.46. The summed E-state index contributed by atoms with van der Waals surface area (Å²) in [5.41, 5.74) is 2.88. The predicted molar refractivity (Wildman–Crippen MR) is 75.5 cm³/mol. The molecule has 90 valence electrons. The first-order valence-electron chi connectivity index (χ1n) is 5.73. The minimum absolute atomic E-state index is 0.730. The summed E-state index contributed by atoms with van der Waals surface area (Å²) in [4.78, 5) is 4.66. The quantitative estimate of drug-likeness (QED) is 0.605. The Morgan fingerprint density at radius 3 is 2.72 bits per heavy atom. The minimum Gasteiger partial charge on any atom is -0.494 e. The Morgan fingerprint density at radius 1 is 1.11 bits per heavy atom. The number of halogens is 1. The van der Waals surface area contributed by atoms with Crippen molar-refractivity contribution in [3.8, 4) is 5.75 Å². The van der Waals surface area contributed by atoms with E-state index in [9.17, 15) is 0 Å². The highest BCUT2D eigenvalue weighted by atomic mass is 35.5. The van der Waals surface area contributed by atoms with Crippen molar-refractivity contribution < 1.29 is 4.74 Å². The van der Waals surface area contributed by atoms with Gasteiger partial charge in [-0.3, -0.25) is 0 Å². The van der Waals surface area contributed by atoms with Gasteiger partial charge >= 0.3 is 0 Å². The molecule has 0 spiro atoms. The van der Waals surface area contributed by atoms with Gasteiger partial charge in [0.25, 0.3) is 0 Å². The van der Waals surface area contributed by atoms with Crippen molar-refractivity contribution in [3.05, 3.63) is 47.0 Å². The molecule has 0 N–H and O–H groups in total. The van der Waals surface area contributed by atoms with Crippen LogP contribution in [0.25, 0.3) is 21.8 Å². The van der Waals surface area contributed by atoms with E-state index >= 15 is 0 Å². The van der Waals surface area contributed by atoms with Crippen LogP contribution in [0.3, 0.4) is 0 Å². The maximum atomic E-state index is 6.46. The Labute approximate surface area is 110 Å². The Balaban J connectivity index is 2.52. The Kier molecular flexibility index (Phi) is 2.60. The molecule has 3 rings (SSSR count). The van der Waals surface area contributed by atoms with E-state index in [1.165, 1.54) is 5.56 Å². The molecule has 0 radical (unpaired) electrons. The topological polar surface area (TPSA) is 22.1 Å². The van der Waals surface area contributed by atoms with E-state index in [0.29, 0.717) is 0 Å². The zero-order valence-electron chi connectivity index (χ0n) is 10.2. The molecule has 3 heteroatoms. The Bertz CT molecular complexity index is 752. The first-order chi connectivity index (χ1) is 8.70. The number of ether oxygens (including phenoxy) is 1. The van der Waals surface area contributed by atoms with Gasteiger partial charge in [0.2, 0.25) is 0 Å². The molecule has 18 heavy (non-hydrogen) atoms. The molecule has 0 fully saturated rings. The number of nitrogens with zero attached hydrogens (tertiary/aromatic N) is 1. The van der Waals surface area contributed by atoms with E-state index < -0.39 is 0 Å². The molecule has 0 unspecified atom stereocenters. The van der Waals surface area contributed by atoms with Crippen LogP contribution in [0, 0.1) is 6.92 Å². The van der Waals surface area contributed by atoms with Gasteiger partial charge in [-0.15, -0.1) is 0 Å². The highest BCUT2D eigenvalue weighted by molar-refractivity contribution is 6.40. The summed E-state index contributed by atoms with van der Waals surface area (Å²) < 4.78 is 5.34. The zero-order valence-corrected chi connectivity index (χ0v) is 11.0. The van der Waals surface area contributed by atoms with Crippen molar-refractivity contribution in [3.63, 3.8) is 0 Å². The van der Waals surface area contributed by atoms with Gasteiger partial charge in [-0.2, -0.15) is 0 Å². The molecule has 0 aliphatic heterocycles. The molecular formula is C15H12ClNO. The number of benzene rings is 2. The monoisotopic (exact) mass is 257 g/mol. The van der Waals surface area contributed by atoms with Gasteiger partial charge in [-0.05, 0) is 24.6 Å². The largest absolute Gasteiger partial charge is 0.494 e. The molecule has 2 aromatic carbocycles. The van der Waals surface area contributed by atoms with Gasteiger partial charge in [0, 0.05) is 10.8 Å². The van der Waals surface area contributed by atoms with Gasteiger partial charge in [0.15, 0.2) is 0 Å². The third-order valence-corrected chi connectivity index (χ3v) is 3.48. The minimum atomic E-state index is 0.730. The summed E-state index contributed by atoms with van der Waals surface area (Å²) >= 11 is 6.46. The van der Waals surface area contributed by atoms with Crippen molar-refractivity contribution >= 4 is 33.4 Å². The van der Waals surface area contributed by atoms with Crippen LogP contribution in [0.2, 0.25) is 5.02 Å². The van der Waals surface area contributed by atoms with Gasteiger partial charge < -0.3 is 4.74 Å². The lowest BCUT2D eigenvalue weighted by Crippen LogP contribution is -1.90. The molecule has 0 saturated heterocycles. The third kappa shape index (κ3) is 1.61. The lowest BCUT2D eigenvalue weighted by atomic mass is 10.1. The molecule has 2 nitrogen and oxygen atoms in total. The average Bonchev–Trinajstić information content (AvgIpc) is 2.38. The van der Waals surface area contributed by atoms with Gasteiger partial charge in [0.1, 0.15) is 11.3 Å². The van der Waals surface area contributed by atoms with E-state index in [2.05, 4.69) is 4.98 Å². The number of rotatable bonds is 1. The fourth-order valence-corrected chi connectivity index (χ4v) is 2.48. The van der Waals surface area contributed by atoms with Crippen molar-refractivity contribution in [2.24, 2.45) is 0 Å². The lowest BCUT2D eigenvalue weighted by Gasteiger charge is -2.09. The van der Waals surface area contributed by atoms with Crippen LogP contribution in [0.1, 0.15) is 5.56 Å². The SMILES string of the molecule is COc1cccc2c(Cl)c3ccc(C)cc3nc12. The highest BCUT2D eigenvalue weighted by Crippen LogP contribution is 2.34. The van der Waals surface area contributed by atoms with Crippen molar-refractivity contribution in [1.29, 1.82) is 0 Å². The molecule has 0 atom stereocenters. The van der Waals surface area contributed by atoms with Crippen LogP contribution in [0.15, 0.2) is 36.4 Å². The number of pyridine rings is 1. The molecule has 0 aliphatic rings. The Morgan fingerprint density at radius 2 is 1.94 bits per heavy atom. The van der Waals surface area contributed by atoms with E-state index in [1.54, 1.807) is 7.11 Å². The number of para-hydroxylation sites is 1. The number of aromatic nitrogens is 1. The molecule has 0 saturated carbocycles. The standard InChI is InChI=1S/C15H12ClNO/c1-9-6-7-10-12(8-9)17-15-11(14(10)16)4-3-5-13(15)18-2/h3-8H,1-2H3. The molecule has 3 aromatic rings. The molecule has 1 heterocycles. The molecule has 1 aromatic heterocycles. The summed E-state index contributed by atoms with van der Waals surface area (Å²) in [5.74, 6) is 0.748. The first kappa shape index (κ1) is 11.3. The second kappa shape index (κ2) is 4.14. The lowest BCUT2D eigenvalue weighted by molar-refractivity contribution is 0.419. The number of hydrogen-bond acceptors (Lipinski definition) is 2. The van der Waals surface area contributed by atoms with Crippen LogP contribution in [-0.4, -0.2) is 12.1 Å². The normalized spacial score (nSPS) is 11.1. The zero-order chi connectivity index (χ0) is 12.7. The highest BCUT2D eigenvalue weighted by Gasteiger charge is 2.10. The van der Waals surface area contributed by atoms with Gasteiger partial charge in [-0.1, -0.05) is 35.9 Å². The van der Waals surface area contributed by atoms with Crippen molar-refractivity contribution in [2.45, 2.75) is 6.92 Å². The van der Waals surface area contributed by atoms with E-state index in [0.717, 1.165) is 32.6 Å². The summed E-state index contributed by atoms with van der Waals surface area (Å²) in [6.07, 6.45) is 0. The molecule has 0 amide bonds.